The molecule has 8 heteroatoms. The number of benzene rings is 3. The molecule has 1 aliphatic heterocycles. The third kappa shape index (κ3) is 4.94. The first kappa shape index (κ1) is 26.4. The smallest absolute Gasteiger partial charge is 0.301 e. The van der Waals surface area contributed by atoms with Crippen molar-refractivity contribution < 1.29 is 19.4 Å². The van der Waals surface area contributed by atoms with Gasteiger partial charge in [0, 0.05) is 9.13 Å². The Morgan fingerprint density at radius 2 is 1.87 bits per heavy atom. The molecule has 5 rings (SSSR count). The second kappa shape index (κ2) is 10.9. The summed E-state index contributed by atoms with van der Waals surface area (Å²) in [5, 5.41) is 11.9. The molecule has 1 N–H and O–H groups in total. The number of ketones is 1. The molecule has 0 radical (unpaired) electrons. The Kier molecular flexibility index (Phi) is 7.54. The summed E-state index contributed by atoms with van der Waals surface area (Å²) in [6.07, 6.45) is 1.92. The molecule has 1 saturated heterocycles. The van der Waals surface area contributed by atoms with Gasteiger partial charge < -0.3 is 9.84 Å². The predicted molar refractivity (Wildman–Crippen MR) is 160 cm³/mol. The fraction of sp³-hybridized carbons (Fsp3) is 0.233. The zero-order valence-corrected chi connectivity index (χ0v) is 24.3. The van der Waals surface area contributed by atoms with Gasteiger partial charge in [-0.3, -0.25) is 14.5 Å². The molecule has 38 heavy (non-hydrogen) atoms. The molecule has 3 aromatic carbocycles. The van der Waals surface area contributed by atoms with Crippen LogP contribution in [-0.4, -0.2) is 28.4 Å². The van der Waals surface area contributed by atoms with Crippen LogP contribution >= 0.6 is 33.9 Å². The van der Waals surface area contributed by atoms with Gasteiger partial charge in [-0.25, -0.2) is 4.98 Å². The van der Waals surface area contributed by atoms with Gasteiger partial charge in [0.15, 0.2) is 5.13 Å². The number of anilines is 1. The van der Waals surface area contributed by atoms with E-state index in [0.717, 1.165) is 37.8 Å². The molecular formula is C30H27IN2O4S. The van der Waals surface area contributed by atoms with Crippen molar-refractivity contribution in [2.24, 2.45) is 0 Å². The Labute approximate surface area is 239 Å². The van der Waals surface area contributed by atoms with Crippen molar-refractivity contribution in [3.05, 3.63) is 92.1 Å². The normalized spacial score (nSPS) is 16.9. The summed E-state index contributed by atoms with van der Waals surface area (Å²) < 4.78 is 7.77. The number of halogens is 1. The van der Waals surface area contributed by atoms with Crippen LogP contribution in [0.5, 0.6) is 5.75 Å². The molecule has 1 aromatic heterocycles. The highest BCUT2D eigenvalue weighted by atomic mass is 127. The third-order valence-corrected chi connectivity index (χ3v) is 8.25. The zero-order valence-electron chi connectivity index (χ0n) is 21.3. The quantitative estimate of drug-likeness (QED) is 0.0755. The first-order valence-electron chi connectivity index (χ1n) is 12.5. The number of hydrogen-bond donors (Lipinski definition) is 1. The van der Waals surface area contributed by atoms with E-state index in [0.29, 0.717) is 28.6 Å². The van der Waals surface area contributed by atoms with Crippen molar-refractivity contribution in [2.75, 3.05) is 11.5 Å². The summed E-state index contributed by atoms with van der Waals surface area (Å²) in [6, 6.07) is 17.9. The first-order chi connectivity index (χ1) is 18.3. The topological polar surface area (TPSA) is 79.7 Å². The van der Waals surface area contributed by atoms with Gasteiger partial charge in [0.2, 0.25) is 0 Å². The number of amides is 1. The third-order valence-electron chi connectivity index (χ3n) is 6.53. The molecule has 1 unspecified atom stereocenters. The molecule has 0 spiro atoms. The number of aryl methyl sites for hydroxylation is 2. The molecule has 1 amide bonds. The van der Waals surface area contributed by atoms with Gasteiger partial charge in [0.05, 0.1) is 28.4 Å². The number of aliphatic hydroxyl groups is 1. The van der Waals surface area contributed by atoms with E-state index in [4.69, 9.17) is 9.72 Å². The molecule has 4 aromatic rings. The van der Waals surface area contributed by atoms with Crippen LogP contribution in [0.15, 0.2) is 66.2 Å². The lowest BCUT2D eigenvalue weighted by atomic mass is 9.95. The lowest BCUT2D eigenvalue weighted by Crippen LogP contribution is -2.29. The highest BCUT2D eigenvalue weighted by Gasteiger charge is 2.48. The van der Waals surface area contributed by atoms with Gasteiger partial charge in [0.1, 0.15) is 11.5 Å². The van der Waals surface area contributed by atoms with E-state index in [9.17, 15) is 14.7 Å². The number of fused-ring (bicyclic) bond motifs is 1. The summed E-state index contributed by atoms with van der Waals surface area (Å²) in [5.41, 5.74) is 4.08. The van der Waals surface area contributed by atoms with Crippen LogP contribution in [0, 0.1) is 17.4 Å². The van der Waals surface area contributed by atoms with Crippen molar-refractivity contribution in [3.63, 3.8) is 0 Å². The molecule has 0 saturated carbocycles. The van der Waals surface area contributed by atoms with E-state index in [1.165, 1.54) is 16.2 Å². The summed E-state index contributed by atoms with van der Waals surface area (Å²) in [7, 11) is 0. The summed E-state index contributed by atoms with van der Waals surface area (Å²) in [4.78, 5) is 33.3. The number of hydrogen-bond acceptors (Lipinski definition) is 6. The standard InChI is InChI=1S/C30H27IN2O4S/c1-4-5-13-37-22-8-6-7-20(16-22)27(34)24-26(19-9-11-21(31)12-10-19)33(29(36)28(24)35)30-32-25-18(3)14-17(2)15-23(25)38-30/h6-12,14-16,26,34H,4-5,13H2,1-3H3/b27-24+. The van der Waals surface area contributed by atoms with Crippen molar-refractivity contribution in [1.29, 1.82) is 0 Å². The van der Waals surface area contributed by atoms with Crippen LogP contribution in [0.2, 0.25) is 0 Å². The predicted octanol–water partition coefficient (Wildman–Crippen LogP) is 7.32. The average molecular weight is 639 g/mol. The average Bonchev–Trinajstić information content (AvgIpc) is 3.43. The number of thiazole rings is 1. The highest BCUT2D eigenvalue weighted by molar-refractivity contribution is 14.1. The minimum absolute atomic E-state index is 0.0362. The molecule has 1 aliphatic rings. The number of rotatable bonds is 7. The summed E-state index contributed by atoms with van der Waals surface area (Å²) in [5.74, 6) is -1.09. The Bertz CT molecular complexity index is 1580. The molecule has 0 aliphatic carbocycles. The summed E-state index contributed by atoms with van der Waals surface area (Å²) >= 11 is 3.58. The van der Waals surface area contributed by atoms with Crippen LogP contribution in [0.3, 0.4) is 0 Å². The second-order valence-corrected chi connectivity index (χ2v) is 11.6. The van der Waals surface area contributed by atoms with Crippen molar-refractivity contribution in [1.82, 2.24) is 4.98 Å². The molecule has 6 nitrogen and oxygen atoms in total. The molecule has 194 valence electrons. The molecule has 2 heterocycles. The van der Waals surface area contributed by atoms with Crippen molar-refractivity contribution in [3.8, 4) is 5.75 Å². The minimum Gasteiger partial charge on any atom is -0.507 e. The van der Waals surface area contributed by atoms with Crippen LogP contribution in [0.25, 0.3) is 16.0 Å². The van der Waals surface area contributed by atoms with Crippen molar-refractivity contribution in [2.45, 2.75) is 39.7 Å². The zero-order chi connectivity index (χ0) is 27.0. The number of carbonyl (C=O) groups excluding carboxylic acids is 2. The lowest BCUT2D eigenvalue weighted by Gasteiger charge is -2.23. The molecular weight excluding hydrogens is 611 g/mol. The summed E-state index contributed by atoms with van der Waals surface area (Å²) in [6.45, 7) is 6.65. The number of aromatic nitrogens is 1. The Morgan fingerprint density at radius 3 is 2.61 bits per heavy atom. The van der Waals surface area contributed by atoms with Crippen molar-refractivity contribution >= 4 is 66.7 Å². The number of nitrogens with zero attached hydrogens (tertiary/aromatic N) is 2. The van der Waals surface area contributed by atoms with E-state index < -0.39 is 17.7 Å². The van der Waals surface area contributed by atoms with Gasteiger partial charge >= 0.3 is 5.91 Å². The monoisotopic (exact) mass is 638 g/mol. The van der Waals surface area contributed by atoms with Crippen LogP contribution in [0.1, 0.15) is 48.1 Å². The number of carbonyl (C=O) groups is 2. The number of aliphatic hydroxyl groups excluding tert-OH is 1. The number of ether oxygens (including phenoxy) is 1. The Hall–Kier alpha value is -3.24. The second-order valence-electron chi connectivity index (χ2n) is 9.38. The van der Waals surface area contributed by atoms with Crippen LogP contribution in [0.4, 0.5) is 5.13 Å². The van der Waals surface area contributed by atoms with E-state index >= 15 is 0 Å². The van der Waals surface area contributed by atoms with Gasteiger partial charge in [-0.05, 0) is 89.9 Å². The maximum atomic E-state index is 13.5. The largest absolute Gasteiger partial charge is 0.507 e. The Morgan fingerprint density at radius 1 is 1.11 bits per heavy atom. The van der Waals surface area contributed by atoms with E-state index in [1.54, 1.807) is 18.2 Å². The number of Topliss-reactive ketones (excluding diaryl/α,β-unsaturated/α-hetero) is 1. The first-order valence-corrected chi connectivity index (χ1v) is 14.4. The van der Waals surface area contributed by atoms with Gasteiger partial charge in [0.25, 0.3) is 5.78 Å². The van der Waals surface area contributed by atoms with Gasteiger partial charge in [-0.15, -0.1) is 0 Å². The number of unbranched alkanes of at least 4 members (excludes halogenated alkanes) is 1. The fourth-order valence-electron chi connectivity index (χ4n) is 4.68. The molecule has 1 atom stereocenters. The molecule has 0 bridgehead atoms. The van der Waals surface area contributed by atoms with E-state index in [-0.39, 0.29) is 11.3 Å². The van der Waals surface area contributed by atoms with Crippen LogP contribution < -0.4 is 9.64 Å². The van der Waals surface area contributed by atoms with E-state index in [2.05, 4.69) is 29.5 Å². The minimum atomic E-state index is -0.821. The molecule has 1 fully saturated rings. The SMILES string of the molecule is CCCCOc1cccc(/C(O)=C2\C(=O)C(=O)N(c3nc4c(C)cc(C)cc4s3)C2c2ccc(I)cc2)c1. The maximum Gasteiger partial charge on any atom is 0.301 e. The van der Waals surface area contributed by atoms with Crippen LogP contribution in [-0.2, 0) is 9.59 Å². The van der Waals surface area contributed by atoms with Gasteiger partial charge in [-0.1, -0.05) is 55.0 Å². The lowest BCUT2D eigenvalue weighted by molar-refractivity contribution is -0.132. The van der Waals surface area contributed by atoms with Gasteiger partial charge in [-0.2, -0.15) is 0 Å². The fourth-order valence-corrected chi connectivity index (χ4v) is 6.20. The Balaban J connectivity index is 1.66. The van der Waals surface area contributed by atoms with E-state index in [1.807, 2.05) is 56.3 Å². The highest BCUT2D eigenvalue weighted by Crippen LogP contribution is 2.45. The maximum absolute atomic E-state index is 13.5.